The molecule has 3 aromatic rings. The summed E-state index contributed by atoms with van der Waals surface area (Å²) in [4.78, 5) is 31.7. The third kappa shape index (κ3) is 4.88. The third-order valence-electron chi connectivity index (χ3n) is 3.80. The van der Waals surface area contributed by atoms with E-state index in [1.54, 1.807) is 53.6 Å². The summed E-state index contributed by atoms with van der Waals surface area (Å²) < 4.78 is 6.45. The number of hydrogen-bond donors (Lipinski definition) is 1. The van der Waals surface area contributed by atoms with Crippen LogP contribution in [0.1, 0.15) is 21.5 Å². The lowest BCUT2D eigenvalue weighted by Gasteiger charge is -2.05. The molecule has 136 valence electrons. The maximum atomic E-state index is 12.0. The van der Waals surface area contributed by atoms with E-state index in [0.717, 1.165) is 16.9 Å². The van der Waals surface area contributed by atoms with Gasteiger partial charge in [0, 0.05) is 31.2 Å². The predicted molar refractivity (Wildman–Crippen MR) is 100 cm³/mol. The Morgan fingerprint density at radius 1 is 1.19 bits per heavy atom. The van der Waals surface area contributed by atoms with Gasteiger partial charge in [-0.3, -0.25) is 9.36 Å². The Morgan fingerprint density at radius 2 is 2.00 bits per heavy atom. The maximum absolute atomic E-state index is 12.0. The van der Waals surface area contributed by atoms with Crippen LogP contribution >= 0.6 is 0 Å². The van der Waals surface area contributed by atoms with E-state index in [1.165, 1.54) is 13.2 Å². The smallest absolute Gasteiger partial charge is 0.337 e. The van der Waals surface area contributed by atoms with E-state index in [9.17, 15) is 9.59 Å². The molecule has 7 nitrogen and oxygen atoms in total. The van der Waals surface area contributed by atoms with Crippen LogP contribution in [0.15, 0.2) is 67.4 Å². The highest BCUT2D eigenvalue weighted by Gasteiger charge is 2.04. The molecule has 0 saturated carbocycles. The zero-order chi connectivity index (χ0) is 19.1. The molecule has 0 aliphatic heterocycles. The second-order valence-electron chi connectivity index (χ2n) is 5.66. The second kappa shape index (κ2) is 8.57. The molecule has 0 unspecified atom stereocenters. The Hall–Kier alpha value is -3.74. The number of nitrogens with zero attached hydrogens (tertiary/aromatic N) is 3. The lowest BCUT2D eigenvalue weighted by atomic mass is 10.1. The lowest BCUT2D eigenvalue weighted by Crippen LogP contribution is -2.20. The van der Waals surface area contributed by atoms with Gasteiger partial charge in [-0.25, -0.2) is 14.8 Å². The van der Waals surface area contributed by atoms with Crippen molar-refractivity contribution >= 4 is 18.0 Å². The van der Waals surface area contributed by atoms with Crippen molar-refractivity contribution in [2.75, 3.05) is 7.11 Å². The number of imidazole rings is 1. The second-order valence-corrected chi connectivity index (χ2v) is 5.66. The van der Waals surface area contributed by atoms with Gasteiger partial charge in [-0.15, -0.1) is 0 Å². The number of carbonyl (C=O) groups is 2. The topological polar surface area (TPSA) is 86.1 Å². The molecule has 0 saturated heterocycles. The summed E-state index contributed by atoms with van der Waals surface area (Å²) in [6.07, 6.45) is 10.0. The Labute approximate surface area is 156 Å². The summed E-state index contributed by atoms with van der Waals surface area (Å²) in [5, 5.41) is 2.80. The van der Waals surface area contributed by atoms with Crippen LogP contribution < -0.4 is 5.32 Å². The summed E-state index contributed by atoms with van der Waals surface area (Å²) in [6, 6.07) is 10.6. The number of ether oxygens (including phenoxy) is 1. The van der Waals surface area contributed by atoms with Gasteiger partial charge in [-0.1, -0.05) is 18.2 Å². The number of aromatic nitrogens is 3. The summed E-state index contributed by atoms with van der Waals surface area (Å²) in [5.41, 5.74) is 2.16. The molecule has 0 spiro atoms. The molecular weight excluding hydrogens is 344 g/mol. The van der Waals surface area contributed by atoms with Crippen LogP contribution in [0.3, 0.4) is 0 Å². The van der Waals surface area contributed by atoms with Gasteiger partial charge < -0.3 is 10.1 Å². The Kier molecular flexibility index (Phi) is 5.73. The van der Waals surface area contributed by atoms with Crippen LogP contribution in [0.25, 0.3) is 11.9 Å². The van der Waals surface area contributed by atoms with Gasteiger partial charge in [0.05, 0.1) is 12.7 Å². The molecule has 2 aromatic heterocycles. The van der Waals surface area contributed by atoms with Crippen LogP contribution in [-0.4, -0.2) is 33.5 Å². The minimum atomic E-state index is -0.393. The highest BCUT2D eigenvalue weighted by atomic mass is 16.5. The van der Waals surface area contributed by atoms with E-state index in [1.807, 2.05) is 18.3 Å². The number of carbonyl (C=O) groups excluding carboxylic acids is 2. The van der Waals surface area contributed by atoms with E-state index >= 15 is 0 Å². The molecule has 3 rings (SSSR count). The van der Waals surface area contributed by atoms with Gasteiger partial charge in [0.1, 0.15) is 12.1 Å². The highest BCUT2D eigenvalue weighted by Crippen LogP contribution is 2.08. The maximum Gasteiger partial charge on any atom is 0.337 e. The van der Waals surface area contributed by atoms with Crippen LogP contribution in [0, 0.1) is 0 Å². The van der Waals surface area contributed by atoms with Gasteiger partial charge in [-0.2, -0.15) is 0 Å². The first-order chi connectivity index (χ1) is 13.2. The fourth-order valence-corrected chi connectivity index (χ4v) is 2.34. The normalized spacial score (nSPS) is 10.7. The van der Waals surface area contributed by atoms with Crippen molar-refractivity contribution < 1.29 is 14.3 Å². The van der Waals surface area contributed by atoms with E-state index in [0.29, 0.717) is 12.1 Å². The largest absolute Gasteiger partial charge is 0.465 e. The molecule has 0 aliphatic rings. The van der Waals surface area contributed by atoms with Crippen molar-refractivity contribution in [3.05, 3.63) is 84.1 Å². The van der Waals surface area contributed by atoms with E-state index in [4.69, 9.17) is 0 Å². The monoisotopic (exact) mass is 362 g/mol. The molecule has 0 bridgehead atoms. The summed E-state index contributed by atoms with van der Waals surface area (Å²) in [5.74, 6) is 0.152. The fraction of sp³-hybridized carbons (Fsp3) is 0.100. The van der Waals surface area contributed by atoms with Gasteiger partial charge in [0.2, 0.25) is 5.91 Å². The molecule has 27 heavy (non-hydrogen) atoms. The van der Waals surface area contributed by atoms with Crippen molar-refractivity contribution in [1.82, 2.24) is 19.9 Å². The van der Waals surface area contributed by atoms with Crippen LogP contribution in [0.5, 0.6) is 0 Å². The zero-order valence-corrected chi connectivity index (χ0v) is 14.7. The summed E-state index contributed by atoms with van der Waals surface area (Å²) in [6.45, 7) is 0.377. The fourth-order valence-electron chi connectivity index (χ4n) is 2.34. The minimum absolute atomic E-state index is 0.217. The van der Waals surface area contributed by atoms with Gasteiger partial charge >= 0.3 is 5.97 Å². The average molecular weight is 362 g/mol. The van der Waals surface area contributed by atoms with Gasteiger partial charge in [0.15, 0.2) is 0 Å². The van der Waals surface area contributed by atoms with E-state index < -0.39 is 5.97 Å². The lowest BCUT2D eigenvalue weighted by molar-refractivity contribution is -0.116. The number of hydrogen-bond acceptors (Lipinski definition) is 5. The first-order valence-corrected chi connectivity index (χ1v) is 8.23. The molecule has 0 fully saturated rings. The van der Waals surface area contributed by atoms with Crippen molar-refractivity contribution in [3.63, 3.8) is 0 Å². The molecular formula is C20H18N4O3. The molecule has 0 aliphatic carbocycles. The van der Waals surface area contributed by atoms with Crippen molar-refractivity contribution in [3.8, 4) is 5.82 Å². The zero-order valence-electron chi connectivity index (χ0n) is 14.7. The molecule has 1 amide bonds. The summed E-state index contributed by atoms with van der Waals surface area (Å²) in [7, 11) is 1.33. The number of rotatable bonds is 6. The van der Waals surface area contributed by atoms with E-state index in [2.05, 4.69) is 20.0 Å². The molecule has 2 heterocycles. The Bertz CT molecular complexity index is 930. The van der Waals surface area contributed by atoms with Crippen molar-refractivity contribution in [2.45, 2.75) is 6.54 Å². The number of amides is 1. The highest BCUT2D eigenvalue weighted by molar-refractivity contribution is 5.92. The number of esters is 1. The van der Waals surface area contributed by atoms with Crippen LogP contribution in [0.2, 0.25) is 0 Å². The molecule has 0 radical (unpaired) electrons. The standard InChI is InChI=1S/C20H18N4O3/c1-27-20(26)17-6-2-15(3-7-17)5-9-19(25)23-13-16-4-8-18(22-12-16)24-11-10-21-14-24/h2-12,14H,13H2,1H3,(H,23,25)/b9-5+. The number of benzene rings is 1. The number of methoxy groups -OCH3 is 1. The van der Waals surface area contributed by atoms with E-state index in [-0.39, 0.29) is 5.91 Å². The predicted octanol–water partition coefficient (Wildman–Crippen LogP) is 2.38. The molecule has 7 heteroatoms. The molecule has 1 aromatic carbocycles. The van der Waals surface area contributed by atoms with Crippen molar-refractivity contribution in [1.29, 1.82) is 0 Å². The van der Waals surface area contributed by atoms with Crippen LogP contribution in [-0.2, 0) is 16.1 Å². The minimum Gasteiger partial charge on any atom is -0.465 e. The molecule has 0 atom stereocenters. The van der Waals surface area contributed by atoms with Crippen molar-refractivity contribution in [2.24, 2.45) is 0 Å². The van der Waals surface area contributed by atoms with Gasteiger partial charge in [0.25, 0.3) is 0 Å². The third-order valence-corrected chi connectivity index (χ3v) is 3.80. The van der Waals surface area contributed by atoms with Crippen LogP contribution in [0.4, 0.5) is 0 Å². The average Bonchev–Trinajstić information content (AvgIpc) is 3.26. The number of nitrogens with one attached hydrogen (secondary N) is 1. The Morgan fingerprint density at radius 3 is 2.63 bits per heavy atom. The number of pyridine rings is 1. The first-order valence-electron chi connectivity index (χ1n) is 8.23. The Balaban J connectivity index is 1.52. The SMILES string of the molecule is COC(=O)c1ccc(/C=C/C(=O)NCc2ccc(-n3ccnc3)nc2)cc1. The first kappa shape index (κ1) is 18.1. The summed E-state index contributed by atoms with van der Waals surface area (Å²) >= 11 is 0. The van der Waals surface area contributed by atoms with Gasteiger partial charge in [-0.05, 0) is 35.4 Å². The molecule has 1 N–H and O–H groups in total. The quantitative estimate of drug-likeness (QED) is 0.537.